The first kappa shape index (κ1) is 35.1. The molecule has 0 amide bonds. The number of aliphatic hydroxyl groups is 1. The summed E-state index contributed by atoms with van der Waals surface area (Å²) in [5.74, 6) is 1.26. The van der Waals surface area contributed by atoms with Gasteiger partial charge in [-0.15, -0.1) is 29.1 Å². The van der Waals surface area contributed by atoms with Crippen molar-refractivity contribution in [1.29, 1.82) is 0 Å². The number of hydrogen-bond acceptors (Lipinski definition) is 5. The fraction of sp³-hybridized carbons (Fsp3) is 0.405. The number of aryl methyl sites for hydroxylation is 1. The van der Waals surface area contributed by atoms with E-state index in [1.54, 1.807) is 0 Å². The average Bonchev–Trinajstić information content (AvgIpc) is 3.38. The molecule has 1 radical (unpaired) electrons. The van der Waals surface area contributed by atoms with E-state index < -0.39 is 0 Å². The Labute approximate surface area is 275 Å². The summed E-state index contributed by atoms with van der Waals surface area (Å²) >= 11 is 0. The molecule has 0 bridgehead atoms. The molecule has 3 aromatic heterocycles. The van der Waals surface area contributed by atoms with Gasteiger partial charge in [0.15, 0.2) is 5.78 Å². The summed E-state index contributed by atoms with van der Waals surface area (Å²) in [6.07, 6.45) is 10.6. The minimum atomic E-state index is 0. The summed E-state index contributed by atoms with van der Waals surface area (Å²) < 4.78 is 2.03. The van der Waals surface area contributed by atoms with Gasteiger partial charge in [0.25, 0.3) is 0 Å². The van der Waals surface area contributed by atoms with Crippen LogP contribution in [0.1, 0.15) is 85.4 Å². The fourth-order valence-electron chi connectivity index (χ4n) is 5.56. The van der Waals surface area contributed by atoms with Crippen LogP contribution in [0.5, 0.6) is 0 Å². The number of rotatable bonds is 8. The summed E-state index contributed by atoms with van der Waals surface area (Å²) in [5, 5.41) is 13.1. The molecule has 235 valence electrons. The van der Waals surface area contributed by atoms with Crippen LogP contribution in [-0.4, -0.2) is 30.2 Å². The van der Waals surface area contributed by atoms with Gasteiger partial charge in [-0.2, -0.15) is 0 Å². The maximum Gasteiger partial charge on any atom is 0.234 e. The van der Waals surface area contributed by atoms with E-state index in [0.29, 0.717) is 5.78 Å². The summed E-state index contributed by atoms with van der Waals surface area (Å²) in [6.45, 7) is 16.8. The number of aliphatic hydroxyl groups excluding tert-OH is 1. The van der Waals surface area contributed by atoms with Crippen LogP contribution < -0.4 is 0 Å². The number of fused-ring (bicyclic) bond motifs is 4. The van der Waals surface area contributed by atoms with Crippen molar-refractivity contribution in [2.45, 2.75) is 86.5 Å². The molecule has 0 atom stereocenters. The first-order valence-corrected chi connectivity index (χ1v) is 15.5. The third-order valence-corrected chi connectivity index (χ3v) is 8.24. The van der Waals surface area contributed by atoms with Gasteiger partial charge in [0.1, 0.15) is 0 Å². The molecule has 5 aromatic rings. The molecule has 1 N–H and O–H groups in total. The van der Waals surface area contributed by atoms with Crippen LogP contribution in [-0.2, 0) is 30.3 Å². The Hall–Kier alpha value is -3.41. The van der Waals surface area contributed by atoms with Crippen molar-refractivity contribution >= 4 is 33.2 Å². The van der Waals surface area contributed by atoms with Crippen LogP contribution in [0.25, 0.3) is 38.7 Å². The van der Waals surface area contributed by atoms with Gasteiger partial charge >= 0.3 is 0 Å². The number of benzene rings is 2. The SMILES string of the molecule is CCC(CC)C(=O)/C=C(\O)C(CC)CC.Cc1cn2c(ncc3cnc(-c4[c-]c5ccccc5c(C(C)(C)C)c4)cc32)n1.[Ir]. The van der Waals surface area contributed by atoms with Crippen LogP contribution in [0.3, 0.4) is 0 Å². The molecule has 0 spiro atoms. The Balaban J connectivity index is 0.000000286. The van der Waals surface area contributed by atoms with Gasteiger partial charge in [0.2, 0.25) is 5.78 Å². The standard InChI is InChI=1S/C24H21N4.C13H24O2.Ir/c1-15-14-28-22-11-21(25-12-18(22)13-26-23(28)27-15)17-9-16-7-5-6-8-19(16)20(10-17)24(2,3)4;1-5-10(6-2)12(14)9-13(15)11(7-3)8-4;/h5-8,10-14H,1-4H3;9-11,14H,5-8H2,1-4H3;/q-1;;/b;12-9-;. The van der Waals surface area contributed by atoms with Crippen molar-refractivity contribution in [3.63, 3.8) is 0 Å². The van der Waals surface area contributed by atoms with Crippen molar-refractivity contribution in [2.24, 2.45) is 11.8 Å². The fourth-order valence-corrected chi connectivity index (χ4v) is 5.56. The Bertz CT molecular complexity index is 1760. The molecule has 44 heavy (non-hydrogen) atoms. The van der Waals surface area contributed by atoms with E-state index in [9.17, 15) is 9.90 Å². The Kier molecular flexibility index (Phi) is 12.0. The quantitative estimate of drug-likeness (QED) is 0.0967. The van der Waals surface area contributed by atoms with Gasteiger partial charge in [-0.05, 0) is 44.1 Å². The molecule has 0 aliphatic heterocycles. The van der Waals surface area contributed by atoms with Crippen molar-refractivity contribution < 1.29 is 30.0 Å². The van der Waals surface area contributed by atoms with Crippen LogP contribution >= 0.6 is 0 Å². The molecule has 0 saturated heterocycles. The zero-order valence-corrected chi connectivity index (χ0v) is 29.6. The van der Waals surface area contributed by atoms with Crippen LogP contribution in [0.4, 0.5) is 0 Å². The summed E-state index contributed by atoms with van der Waals surface area (Å²) in [7, 11) is 0. The Morgan fingerprint density at radius 2 is 1.61 bits per heavy atom. The number of imidazole rings is 1. The second-order valence-corrected chi connectivity index (χ2v) is 12.3. The van der Waals surface area contributed by atoms with E-state index in [1.807, 2.05) is 57.6 Å². The Morgan fingerprint density at radius 1 is 0.977 bits per heavy atom. The molecule has 2 aromatic carbocycles. The second kappa shape index (κ2) is 15.0. The molecule has 3 heterocycles. The number of allylic oxidation sites excluding steroid dienone is 2. The third kappa shape index (κ3) is 7.80. The maximum atomic E-state index is 11.7. The molecule has 0 fully saturated rings. The summed E-state index contributed by atoms with van der Waals surface area (Å²) in [5.41, 5.74) is 5.24. The first-order chi connectivity index (χ1) is 20.5. The van der Waals surface area contributed by atoms with Crippen molar-refractivity contribution in [2.75, 3.05) is 0 Å². The van der Waals surface area contributed by atoms with Crippen molar-refractivity contribution in [3.05, 3.63) is 84.1 Å². The van der Waals surface area contributed by atoms with E-state index in [0.717, 1.165) is 58.9 Å². The largest absolute Gasteiger partial charge is 0.512 e. The molecule has 0 aliphatic rings. The van der Waals surface area contributed by atoms with E-state index >= 15 is 0 Å². The average molecular weight is 770 g/mol. The molecule has 7 heteroatoms. The molecule has 0 aliphatic carbocycles. The maximum absolute atomic E-state index is 11.7. The van der Waals surface area contributed by atoms with E-state index in [4.69, 9.17) is 4.98 Å². The summed E-state index contributed by atoms with van der Waals surface area (Å²) in [6, 6.07) is 16.4. The first-order valence-electron chi connectivity index (χ1n) is 15.5. The van der Waals surface area contributed by atoms with Crippen LogP contribution in [0, 0.1) is 24.8 Å². The van der Waals surface area contributed by atoms with Gasteiger partial charge in [-0.25, -0.2) is 9.97 Å². The number of ketones is 1. The van der Waals surface area contributed by atoms with Crippen LogP contribution in [0.15, 0.2) is 66.8 Å². The van der Waals surface area contributed by atoms with E-state index in [1.165, 1.54) is 17.0 Å². The smallest absolute Gasteiger partial charge is 0.234 e. The molecule has 0 saturated carbocycles. The number of aromatic nitrogens is 4. The van der Waals surface area contributed by atoms with E-state index in [-0.39, 0.29) is 48.9 Å². The zero-order chi connectivity index (χ0) is 31.3. The zero-order valence-electron chi connectivity index (χ0n) is 27.2. The third-order valence-electron chi connectivity index (χ3n) is 8.24. The number of pyridine rings is 1. The predicted octanol–water partition coefficient (Wildman–Crippen LogP) is 9.37. The van der Waals surface area contributed by atoms with Gasteiger partial charge < -0.3 is 5.11 Å². The number of hydrogen-bond donors (Lipinski definition) is 1. The van der Waals surface area contributed by atoms with Gasteiger partial charge in [0, 0.05) is 67.7 Å². The molecule has 6 nitrogen and oxygen atoms in total. The molecular formula is C37H45IrN4O2-. The number of carbonyl (C=O) groups excluding carboxylic acids is 1. The number of nitrogens with zero attached hydrogens (tertiary/aromatic N) is 4. The van der Waals surface area contributed by atoms with Gasteiger partial charge in [0.05, 0.1) is 17.0 Å². The van der Waals surface area contributed by atoms with Crippen LogP contribution in [0.2, 0.25) is 0 Å². The minimum Gasteiger partial charge on any atom is -0.512 e. The minimum absolute atomic E-state index is 0. The van der Waals surface area contributed by atoms with Crippen molar-refractivity contribution in [3.8, 4) is 11.3 Å². The number of carbonyl (C=O) groups is 1. The monoisotopic (exact) mass is 770 g/mol. The normalized spacial score (nSPS) is 12.1. The van der Waals surface area contributed by atoms with Gasteiger partial charge in [-0.1, -0.05) is 77.6 Å². The van der Waals surface area contributed by atoms with Crippen molar-refractivity contribution in [1.82, 2.24) is 19.4 Å². The second-order valence-electron chi connectivity index (χ2n) is 12.3. The predicted molar refractivity (Wildman–Crippen MR) is 177 cm³/mol. The Morgan fingerprint density at radius 3 is 2.25 bits per heavy atom. The summed E-state index contributed by atoms with van der Waals surface area (Å²) in [4.78, 5) is 25.3. The molecular weight excluding hydrogens is 725 g/mol. The topological polar surface area (TPSA) is 80.4 Å². The molecule has 5 rings (SSSR count). The van der Waals surface area contributed by atoms with E-state index in [2.05, 4.69) is 73.2 Å². The molecule has 0 unspecified atom stereocenters. The van der Waals surface area contributed by atoms with Gasteiger partial charge in [-0.3, -0.25) is 14.2 Å².